The maximum absolute atomic E-state index is 12.8. The Morgan fingerprint density at radius 2 is 1.62 bits per heavy atom. The SMILES string of the molecule is CC1(C)CCN(C(=O)C2CC3CCCC(C2)C3N)CC1.Cl. The van der Waals surface area contributed by atoms with Crippen molar-refractivity contribution in [2.75, 3.05) is 13.1 Å². The zero-order valence-corrected chi connectivity index (χ0v) is 14.3. The van der Waals surface area contributed by atoms with Gasteiger partial charge in [-0.15, -0.1) is 12.4 Å². The van der Waals surface area contributed by atoms with Crippen molar-refractivity contribution in [3.8, 4) is 0 Å². The smallest absolute Gasteiger partial charge is 0.225 e. The van der Waals surface area contributed by atoms with E-state index in [2.05, 4.69) is 18.7 Å². The van der Waals surface area contributed by atoms with E-state index in [1.54, 1.807) is 0 Å². The van der Waals surface area contributed by atoms with Crippen molar-refractivity contribution in [1.29, 1.82) is 0 Å². The van der Waals surface area contributed by atoms with Crippen LogP contribution in [-0.2, 0) is 4.79 Å². The summed E-state index contributed by atoms with van der Waals surface area (Å²) in [5, 5.41) is 0. The number of piperidine rings is 1. The van der Waals surface area contributed by atoms with E-state index in [1.807, 2.05) is 0 Å². The second-order valence-electron chi connectivity index (χ2n) is 8.19. The highest BCUT2D eigenvalue weighted by atomic mass is 35.5. The van der Waals surface area contributed by atoms with Crippen LogP contribution in [0.4, 0.5) is 0 Å². The van der Waals surface area contributed by atoms with Crippen LogP contribution in [0.2, 0.25) is 0 Å². The van der Waals surface area contributed by atoms with E-state index in [1.165, 1.54) is 19.3 Å². The molecular formula is C17H31ClN2O. The molecule has 0 spiro atoms. The number of carbonyl (C=O) groups is 1. The van der Waals surface area contributed by atoms with Crippen LogP contribution in [0, 0.1) is 23.2 Å². The van der Waals surface area contributed by atoms with E-state index in [0.29, 0.717) is 29.2 Å². The number of carbonyl (C=O) groups excluding carboxylic acids is 1. The summed E-state index contributed by atoms with van der Waals surface area (Å²) in [6.07, 6.45) is 8.22. The fraction of sp³-hybridized carbons (Fsp3) is 0.941. The second-order valence-corrected chi connectivity index (χ2v) is 8.19. The topological polar surface area (TPSA) is 46.3 Å². The van der Waals surface area contributed by atoms with Gasteiger partial charge in [-0.25, -0.2) is 0 Å². The molecule has 1 heterocycles. The van der Waals surface area contributed by atoms with Crippen molar-refractivity contribution in [3.05, 3.63) is 0 Å². The number of rotatable bonds is 1. The molecule has 1 amide bonds. The fourth-order valence-electron chi connectivity index (χ4n) is 4.58. The van der Waals surface area contributed by atoms with Crippen molar-refractivity contribution in [2.24, 2.45) is 28.9 Å². The average molecular weight is 315 g/mol. The maximum atomic E-state index is 12.8. The highest BCUT2D eigenvalue weighted by molar-refractivity contribution is 5.85. The number of nitrogens with zero attached hydrogens (tertiary/aromatic N) is 1. The second kappa shape index (κ2) is 6.45. The first-order valence-electron chi connectivity index (χ1n) is 8.51. The van der Waals surface area contributed by atoms with Gasteiger partial charge >= 0.3 is 0 Å². The van der Waals surface area contributed by atoms with Gasteiger partial charge in [0.05, 0.1) is 0 Å². The first-order chi connectivity index (χ1) is 9.46. The third kappa shape index (κ3) is 3.56. The van der Waals surface area contributed by atoms with Crippen LogP contribution < -0.4 is 5.73 Å². The van der Waals surface area contributed by atoms with Gasteiger partial charge in [0.2, 0.25) is 5.91 Å². The average Bonchev–Trinajstić information content (AvgIpc) is 2.37. The van der Waals surface area contributed by atoms with Gasteiger partial charge in [-0.05, 0) is 55.8 Å². The standard InChI is InChI=1S/C17H30N2O.ClH/c1-17(2)6-8-19(9-7-17)16(20)14-10-12-4-3-5-13(11-14)15(12)18;/h12-15H,3-11,18H2,1-2H3;1H. The summed E-state index contributed by atoms with van der Waals surface area (Å²) in [4.78, 5) is 14.9. The number of likely N-dealkylation sites (tertiary alicyclic amines) is 1. The van der Waals surface area contributed by atoms with Crippen LogP contribution in [0.25, 0.3) is 0 Å². The molecule has 122 valence electrons. The Kier molecular flexibility index (Phi) is 5.25. The van der Waals surface area contributed by atoms with E-state index in [0.717, 1.165) is 38.8 Å². The molecule has 2 unspecified atom stereocenters. The van der Waals surface area contributed by atoms with E-state index in [4.69, 9.17) is 5.73 Å². The molecule has 0 aromatic carbocycles. The number of nitrogens with two attached hydrogens (primary N) is 1. The van der Waals surface area contributed by atoms with Gasteiger partial charge in [-0.3, -0.25) is 4.79 Å². The summed E-state index contributed by atoms with van der Waals surface area (Å²) in [7, 11) is 0. The minimum absolute atomic E-state index is 0. The minimum atomic E-state index is 0. The predicted molar refractivity (Wildman–Crippen MR) is 88.4 cm³/mol. The summed E-state index contributed by atoms with van der Waals surface area (Å²) in [6.45, 7) is 6.56. The Balaban J connectivity index is 0.00000161. The van der Waals surface area contributed by atoms with E-state index >= 15 is 0 Å². The summed E-state index contributed by atoms with van der Waals surface area (Å²) >= 11 is 0. The van der Waals surface area contributed by atoms with Gasteiger partial charge in [0, 0.05) is 25.0 Å². The number of hydrogen-bond acceptors (Lipinski definition) is 2. The largest absolute Gasteiger partial charge is 0.342 e. The summed E-state index contributed by atoms with van der Waals surface area (Å²) < 4.78 is 0. The van der Waals surface area contributed by atoms with Crippen LogP contribution in [-0.4, -0.2) is 29.9 Å². The number of fused-ring (bicyclic) bond motifs is 2. The molecule has 0 aromatic heterocycles. The molecule has 4 heteroatoms. The summed E-state index contributed by atoms with van der Waals surface area (Å²) in [5.74, 6) is 1.92. The lowest BCUT2D eigenvalue weighted by Gasteiger charge is -2.45. The van der Waals surface area contributed by atoms with Crippen molar-refractivity contribution >= 4 is 18.3 Å². The van der Waals surface area contributed by atoms with Crippen LogP contribution in [0.3, 0.4) is 0 Å². The van der Waals surface area contributed by atoms with Crippen molar-refractivity contribution in [3.63, 3.8) is 0 Å². The van der Waals surface area contributed by atoms with Gasteiger partial charge in [0.25, 0.3) is 0 Å². The Hall–Kier alpha value is -0.280. The lowest BCUT2D eigenvalue weighted by atomic mass is 9.64. The zero-order chi connectivity index (χ0) is 14.3. The quantitative estimate of drug-likeness (QED) is 0.808. The lowest BCUT2D eigenvalue weighted by Crippen LogP contribution is -2.51. The summed E-state index contributed by atoms with van der Waals surface area (Å²) in [6, 6.07) is 0.369. The molecular weight excluding hydrogens is 284 g/mol. The highest BCUT2D eigenvalue weighted by Crippen LogP contribution is 2.43. The van der Waals surface area contributed by atoms with Crippen LogP contribution in [0.5, 0.6) is 0 Å². The molecule has 2 saturated carbocycles. The fourth-order valence-corrected chi connectivity index (χ4v) is 4.58. The first-order valence-corrected chi connectivity index (χ1v) is 8.51. The van der Waals surface area contributed by atoms with Gasteiger partial charge < -0.3 is 10.6 Å². The van der Waals surface area contributed by atoms with Gasteiger partial charge in [-0.1, -0.05) is 20.3 Å². The van der Waals surface area contributed by atoms with Crippen LogP contribution in [0.15, 0.2) is 0 Å². The number of halogens is 1. The molecule has 2 bridgehead atoms. The molecule has 2 atom stereocenters. The number of hydrogen-bond donors (Lipinski definition) is 1. The van der Waals surface area contributed by atoms with Gasteiger partial charge in [0.15, 0.2) is 0 Å². The third-order valence-corrected chi connectivity index (χ3v) is 6.19. The monoisotopic (exact) mass is 314 g/mol. The number of amides is 1. The van der Waals surface area contributed by atoms with Crippen molar-refractivity contribution in [2.45, 2.75) is 64.8 Å². The molecule has 1 saturated heterocycles. The Bertz CT molecular complexity index is 361. The molecule has 3 aliphatic rings. The molecule has 3 rings (SSSR count). The summed E-state index contributed by atoms with van der Waals surface area (Å²) in [5.41, 5.74) is 6.75. The Labute approximate surface area is 135 Å². The Morgan fingerprint density at radius 1 is 1.10 bits per heavy atom. The zero-order valence-electron chi connectivity index (χ0n) is 13.5. The molecule has 1 aliphatic heterocycles. The third-order valence-electron chi connectivity index (χ3n) is 6.19. The maximum Gasteiger partial charge on any atom is 0.225 e. The van der Waals surface area contributed by atoms with E-state index in [9.17, 15) is 4.79 Å². The normalized spacial score (nSPS) is 38.5. The van der Waals surface area contributed by atoms with Gasteiger partial charge in [0.1, 0.15) is 0 Å². The molecule has 3 nitrogen and oxygen atoms in total. The van der Waals surface area contributed by atoms with Crippen LogP contribution >= 0.6 is 12.4 Å². The van der Waals surface area contributed by atoms with Crippen LogP contribution in [0.1, 0.15) is 58.8 Å². The molecule has 0 aromatic rings. The van der Waals surface area contributed by atoms with E-state index in [-0.39, 0.29) is 18.3 Å². The molecule has 2 aliphatic carbocycles. The lowest BCUT2D eigenvalue weighted by molar-refractivity contribution is -0.140. The molecule has 0 radical (unpaired) electrons. The van der Waals surface area contributed by atoms with Gasteiger partial charge in [-0.2, -0.15) is 0 Å². The molecule has 2 N–H and O–H groups in total. The predicted octanol–water partition coefficient (Wildman–Crippen LogP) is 3.21. The highest BCUT2D eigenvalue weighted by Gasteiger charge is 2.42. The molecule has 21 heavy (non-hydrogen) atoms. The minimum Gasteiger partial charge on any atom is -0.342 e. The Morgan fingerprint density at radius 3 is 2.14 bits per heavy atom. The first kappa shape index (κ1) is 17.1. The van der Waals surface area contributed by atoms with E-state index < -0.39 is 0 Å². The molecule has 3 fully saturated rings. The van der Waals surface area contributed by atoms with Crippen molar-refractivity contribution in [1.82, 2.24) is 4.90 Å². The van der Waals surface area contributed by atoms with Crippen molar-refractivity contribution < 1.29 is 4.79 Å².